The van der Waals surface area contributed by atoms with Crippen molar-refractivity contribution in [2.24, 2.45) is 0 Å². The van der Waals surface area contributed by atoms with Crippen LogP contribution in [0.15, 0.2) is 24.3 Å². The van der Waals surface area contributed by atoms with Crippen LogP contribution in [0.4, 0.5) is 0 Å². The Morgan fingerprint density at radius 1 is 0.491 bits per heavy atom. The highest BCUT2D eigenvalue weighted by molar-refractivity contribution is 5.72. The summed E-state index contributed by atoms with van der Waals surface area (Å²) in [6, 6.07) is 8.38. The molecule has 2 aromatic rings. The lowest BCUT2D eigenvalue weighted by molar-refractivity contribution is -0.144. The fraction of sp³-hybridized carbons (Fsp3) is 0.735. The van der Waals surface area contributed by atoms with Crippen LogP contribution in [0.5, 0.6) is 11.5 Å². The van der Waals surface area contributed by atoms with Gasteiger partial charge in [-0.25, -0.2) is 0 Å². The molecule has 302 valence electrons. The molecule has 2 rings (SSSR count). The first-order valence-electron chi connectivity index (χ1n) is 21.5. The smallest absolute Gasteiger partial charge is 0.306 e. The van der Waals surface area contributed by atoms with Crippen LogP contribution in [0, 0.1) is 0 Å². The number of unbranched alkanes of at least 4 members (excludes halogenated alkanes) is 15. The van der Waals surface area contributed by atoms with Gasteiger partial charge in [-0.1, -0.05) is 211 Å². The highest BCUT2D eigenvalue weighted by Crippen LogP contribution is 2.46. The molecule has 0 aromatic heterocycles. The van der Waals surface area contributed by atoms with E-state index in [9.17, 15) is 15.0 Å². The first-order valence-corrected chi connectivity index (χ1v) is 21.5. The Morgan fingerprint density at radius 3 is 1.02 bits per heavy atom. The van der Waals surface area contributed by atoms with Gasteiger partial charge < -0.3 is 14.9 Å². The Morgan fingerprint density at radius 2 is 0.755 bits per heavy atom. The van der Waals surface area contributed by atoms with Crippen molar-refractivity contribution in [1.82, 2.24) is 0 Å². The molecule has 0 saturated heterocycles. The third-order valence-corrected chi connectivity index (χ3v) is 10.9. The average Bonchev–Trinajstić information content (AvgIpc) is 3.03. The minimum absolute atomic E-state index is 0.189. The standard InChI is InChI=1S/C49H82O4/c1-14-15-16-17-18-19-20-21-22-23-24-25-26-27-28-29-30-53-43(50)35-38(36-31-39(46(2,3)4)44(51)40(32-36)47(5,6)7)37-33-41(48(8,9)10)45(52)42(34-37)49(11,12)13/h31-34,38,51-52H,14-30,35H2,1-13H3. The summed E-state index contributed by atoms with van der Waals surface area (Å²) < 4.78 is 5.93. The molecule has 0 amide bonds. The number of hydrogen-bond donors (Lipinski definition) is 2. The minimum atomic E-state index is -0.307. The van der Waals surface area contributed by atoms with Gasteiger partial charge in [-0.3, -0.25) is 4.79 Å². The van der Waals surface area contributed by atoms with Gasteiger partial charge >= 0.3 is 5.97 Å². The topological polar surface area (TPSA) is 66.8 Å². The number of carbonyl (C=O) groups is 1. The van der Waals surface area contributed by atoms with Crippen molar-refractivity contribution in [1.29, 1.82) is 0 Å². The largest absolute Gasteiger partial charge is 0.507 e. The molecule has 0 heterocycles. The lowest BCUT2D eigenvalue weighted by Gasteiger charge is -2.32. The number of hydrogen-bond acceptors (Lipinski definition) is 4. The molecule has 4 nitrogen and oxygen atoms in total. The zero-order valence-corrected chi connectivity index (χ0v) is 36.8. The zero-order valence-electron chi connectivity index (χ0n) is 36.8. The van der Waals surface area contributed by atoms with E-state index in [1.165, 1.54) is 89.9 Å². The predicted octanol–water partition coefficient (Wildman–Crippen LogP) is 14.6. The Hall–Kier alpha value is -2.49. The van der Waals surface area contributed by atoms with Crippen molar-refractivity contribution in [2.75, 3.05) is 6.61 Å². The lowest BCUT2D eigenvalue weighted by atomic mass is 9.73. The van der Waals surface area contributed by atoms with Crippen molar-refractivity contribution in [2.45, 2.75) is 227 Å². The Labute approximate surface area is 327 Å². The summed E-state index contributed by atoms with van der Waals surface area (Å²) in [5.41, 5.74) is 4.25. The molecule has 0 atom stereocenters. The maximum absolute atomic E-state index is 13.7. The normalized spacial score (nSPS) is 12.9. The van der Waals surface area contributed by atoms with Crippen molar-refractivity contribution >= 4 is 5.97 Å². The summed E-state index contributed by atoms with van der Waals surface area (Å²) in [6.45, 7) is 28.2. The molecule has 0 aliphatic rings. The van der Waals surface area contributed by atoms with E-state index in [2.05, 4.69) is 114 Å². The SMILES string of the molecule is CCCCCCCCCCCCCCCCCCOC(=O)CC(c1cc(C(C)(C)C)c(O)c(C(C)(C)C)c1)c1cc(C(C)(C)C)c(O)c(C(C)(C)C)c1. The molecule has 2 aromatic carbocycles. The van der Waals surface area contributed by atoms with Gasteiger partial charge in [0.25, 0.3) is 0 Å². The molecule has 0 unspecified atom stereocenters. The second-order valence-corrected chi connectivity index (χ2v) is 20.2. The summed E-state index contributed by atoms with van der Waals surface area (Å²) in [7, 11) is 0. The van der Waals surface area contributed by atoms with Crippen LogP contribution in [-0.4, -0.2) is 22.8 Å². The minimum Gasteiger partial charge on any atom is -0.507 e. The van der Waals surface area contributed by atoms with Gasteiger partial charge in [0, 0.05) is 5.92 Å². The van der Waals surface area contributed by atoms with E-state index in [0.717, 1.165) is 46.2 Å². The van der Waals surface area contributed by atoms with Gasteiger partial charge in [0.1, 0.15) is 11.5 Å². The third-order valence-electron chi connectivity index (χ3n) is 10.9. The van der Waals surface area contributed by atoms with Gasteiger partial charge in [0.05, 0.1) is 13.0 Å². The summed E-state index contributed by atoms with van der Waals surface area (Å²) in [5, 5.41) is 23.1. The summed E-state index contributed by atoms with van der Waals surface area (Å²) in [6.07, 6.45) is 21.2. The van der Waals surface area contributed by atoms with Crippen LogP contribution in [-0.2, 0) is 31.2 Å². The fourth-order valence-electron chi connectivity index (χ4n) is 7.49. The molecule has 0 radical (unpaired) electrons. The lowest BCUT2D eigenvalue weighted by Crippen LogP contribution is -2.21. The fourth-order valence-corrected chi connectivity index (χ4v) is 7.49. The van der Waals surface area contributed by atoms with Crippen LogP contribution in [0.3, 0.4) is 0 Å². The van der Waals surface area contributed by atoms with E-state index in [1.54, 1.807) is 0 Å². The highest BCUT2D eigenvalue weighted by Gasteiger charge is 2.32. The van der Waals surface area contributed by atoms with Gasteiger partial charge in [0.2, 0.25) is 0 Å². The van der Waals surface area contributed by atoms with Crippen molar-refractivity contribution in [3.8, 4) is 11.5 Å². The monoisotopic (exact) mass is 735 g/mol. The number of phenolic OH excluding ortho intramolecular Hbond substituents is 2. The van der Waals surface area contributed by atoms with E-state index in [1.807, 2.05) is 0 Å². The summed E-state index contributed by atoms with van der Waals surface area (Å²) in [5.74, 6) is 0.144. The highest BCUT2D eigenvalue weighted by atomic mass is 16.5. The third kappa shape index (κ3) is 15.6. The molecular formula is C49H82O4. The van der Waals surface area contributed by atoms with E-state index < -0.39 is 0 Å². The van der Waals surface area contributed by atoms with Gasteiger partial charge in [-0.15, -0.1) is 0 Å². The number of benzene rings is 2. The number of esters is 1. The predicted molar refractivity (Wildman–Crippen MR) is 228 cm³/mol. The van der Waals surface area contributed by atoms with Crippen LogP contribution in [0.2, 0.25) is 0 Å². The number of aromatic hydroxyl groups is 2. The molecule has 2 N–H and O–H groups in total. The molecule has 0 saturated carbocycles. The van der Waals surface area contributed by atoms with Gasteiger partial charge in [-0.2, -0.15) is 0 Å². The molecule has 4 heteroatoms. The van der Waals surface area contributed by atoms with Gasteiger partial charge in [0.15, 0.2) is 0 Å². The van der Waals surface area contributed by atoms with Crippen LogP contribution < -0.4 is 0 Å². The quantitative estimate of drug-likeness (QED) is 0.0990. The average molecular weight is 735 g/mol. The molecule has 0 aliphatic carbocycles. The molecule has 0 aliphatic heterocycles. The van der Waals surface area contributed by atoms with Gasteiger partial charge in [-0.05, 0) is 61.5 Å². The van der Waals surface area contributed by atoms with E-state index in [0.29, 0.717) is 18.1 Å². The van der Waals surface area contributed by atoms with Crippen molar-refractivity contribution in [3.05, 3.63) is 57.6 Å². The Kier molecular flexibility index (Phi) is 18.5. The molecule has 0 spiro atoms. The van der Waals surface area contributed by atoms with Crippen LogP contribution in [0.25, 0.3) is 0 Å². The summed E-state index contributed by atoms with van der Waals surface area (Å²) in [4.78, 5) is 13.7. The Bertz CT molecular complexity index is 1240. The second kappa shape index (κ2) is 21.0. The van der Waals surface area contributed by atoms with E-state index in [-0.39, 0.29) is 40.0 Å². The molecule has 0 bridgehead atoms. The maximum Gasteiger partial charge on any atom is 0.306 e. The maximum atomic E-state index is 13.7. The second-order valence-electron chi connectivity index (χ2n) is 20.2. The van der Waals surface area contributed by atoms with E-state index >= 15 is 0 Å². The zero-order chi connectivity index (χ0) is 40.0. The van der Waals surface area contributed by atoms with Crippen molar-refractivity contribution in [3.63, 3.8) is 0 Å². The molecular weight excluding hydrogens is 653 g/mol. The first-order chi connectivity index (χ1) is 24.6. The first kappa shape index (κ1) is 46.7. The number of phenols is 2. The van der Waals surface area contributed by atoms with E-state index in [4.69, 9.17) is 4.74 Å². The van der Waals surface area contributed by atoms with Crippen LogP contribution in [0.1, 0.15) is 238 Å². The summed E-state index contributed by atoms with van der Waals surface area (Å²) >= 11 is 0. The molecule has 0 fully saturated rings. The number of rotatable bonds is 21. The number of carbonyl (C=O) groups excluding carboxylic acids is 1. The molecule has 53 heavy (non-hydrogen) atoms. The number of ether oxygens (including phenoxy) is 1. The Balaban J connectivity index is 2.15. The van der Waals surface area contributed by atoms with Crippen molar-refractivity contribution < 1.29 is 19.7 Å². The van der Waals surface area contributed by atoms with Crippen LogP contribution >= 0.6 is 0 Å².